The Morgan fingerprint density at radius 1 is 0.857 bits per heavy atom. The van der Waals surface area contributed by atoms with Crippen molar-refractivity contribution in [1.29, 1.82) is 0 Å². The second-order valence-electron chi connectivity index (χ2n) is 4.52. The summed E-state index contributed by atoms with van der Waals surface area (Å²) in [4.78, 5) is 23.9. The molecule has 0 N–H and O–H groups in total. The van der Waals surface area contributed by atoms with Crippen molar-refractivity contribution >= 4 is 11.9 Å². The van der Waals surface area contributed by atoms with E-state index < -0.39 is 11.9 Å². The van der Waals surface area contributed by atoms with Gasteiger partial charge >= 0.3 is 11.9 Å². The lowest BCUT2D eigenvalue weighted by atomic mass is 10.1. The number of rotatable bonds is 8. The highest BCUT2D eigenvalue weighted by Gasteiger charge is 2.18. The molecule has 117 valence electrons. The molecule has 0 aliphatic rings. The first-order valence-corrected chi connectivity index (χ1v) is 7.14. The van der Waals surface area contributed by atoms with Crippen LogP contribution in [-0.4, -0.2) is 25.2 Å². The molecule has 1 radical (unpaired) electrons. The number of esters is 2. The topological polar surface area (TPSA) is 52.6 Å². The third-order valence-electron chi connectivity index (χ3n) is 2.83. The van der Waals surface area contributed by atoms with Crippen molar-refractivity contribution in [2.24, 2.45) is 0 Å². The summed E-state index contributed by atoms with van der Waals surface area (Å²) in [5, 5.41) is 0. The molecule has 21 heavy (non-hydrogen) atoms. The molecule has 0 aromatic heterocycles. The van der Waals surface area contributed by atoms with Gasteiger partial charge in [0.25, 0.3) is 0 Å². The highest BCUT2D eigenvalue weighted by Crippen LogP contribution is 2.12. The monoisotopic (exact) mass is 293 g/mol. The van der Waals surface area contributed by atoms with Crippen LogP contribution in [0, 0.1) is 7.43 Å². The van der Waals surface area contributed by atoms with Gasteiger partial charge in [-0.15, -0.1) is 0 Å². The number of ether oxygens (including phenoxy) is 2. The highest BCUT2D eigenvalue weighted by molar-refractivity contribution is 6.03. The summed E-state index contributed by atoms with van der Waals surface area (Å²) in [5.74, 6) is -0.942. The van der Waals surface area contributed by atoms with E-state index in [4.69, 9.17) is 9.47 Å². The van der Waals surface area contributed by atoms with Crippen molar-refractivity contribution in [2.75, 3.05) is 13.2 Å². The van der Waals surface area contributed by atoms with E-state index in [0.29, 0.717) is 13.2 Å². The maximum absolute atomic E-state index is 11.9. The average molecular weight is 293 g/mol. The zero-order chi connectivity index (χ0) is 14.8. The maximum Gasteiger partial charge on any atom is 0.339 e. The third kappa shape index (κ3) is 6.43. The van der Waals surface area contributed by atoms with Crippen LogP contribution in [0.1, 0.15) is 60.2 Å². The van der Waals surface area contributed by atoms with Gasteiger partial charge in [-0.3, -0.25) is 0 Å². The predicted molar refractivity (Wildman–Crippen MR) is 83.2 cm³/mol. The van der Waals surface area contributed by atoms with Gasteiger partial charge in [0.15, 0.2) is 0 Å². The smallest absolute Gasteiger partial charge is 0.339 e. The summed E-state index contributed by atoms with van der Waals surface area (Å²) < 4.78 is 10.3. The molecule has 4 nitrogen and oxygen atoms in total. The molecule has 0 amide bonds. The molecule has 4 heteroatoms. The van der Waals surface area contributed by atoms with Crippen LogP contribution in [0.2, 0.25) is 0 Å². The predicted octanol–water partition coefficient (Wildman–Crippen LogP) is 4.05. The van der Waals surface area contributed by atoms with E-state index in [2.05, 4.69) is 0 Å². The second kappa shape index (κ2) is 10.9. The van der Waals surface area contributed by atoms with Crippen LogP contribution in [-0.2, 0) is 9.47 Å². The highest BCUT2D eigenvalue weighted by atomic mass is 16.5. The third-order valence-corrected chi connectivity index (χ3v) is 2.83. The molecule has 0 saturated heterocycles. The van der Waals surface area contributed by atoms with E-state index in [9.17, 15) is 9.59 Å². The van der Waals surface area contributed by atoms with E-state index in [1.165, 1.54) is 0 Å². The summed E-state index contributed by atoms with van der Waals surface area (Å²) in [5.41, 5.74) is 0.537. The van der Waals surface area contributed by atoms with Crippen molar-refractivity contribution in [3.05, 3.63) is 42.8 Å². The van der Waals surface area contributed by atoms with Crippen LogP contribution < -0.4 is 0 Å². The molecule has 1 rings (SSSR count). The van der Waals surface area contributed by atoms with Gasteiger partial charge in [0.1, 0.15) is 0 Å². The first kappa shape index (κ1) is 19.2. The number of hydrogen-bond acceptors (Lipinski definition) is 4. The first-order chi connectivity index (χ1) is 9.70. The van der Waals surface area contributed by atoms with E-state index in [-0.39, 0.29) is 18.6 Å². The van der Waals surface area contributed by atoms with Gasteiger partial charge in [-0.05, 0) is 25.0 Å². The zero-order valence-corrected chi connectivity index (χ0v) is 13.2. The molecular weight excluding hydrogens is 268 g/mol. The fourth-order valence-corrected chi connectivity index (χ4v) is 1.61. The Morgan fingerprint density at radius 2 is 1.24 bits per heavy atom. The van der Waals surface area contributed by atoms with Crippen molar-refractivity contribution in [3.63, 3.8) is 0 Å². The largest absolute Gasteiger partial charge is 0.462 e. The quantitative estimate of drug-likeness (QED) is 0.536. The summed E-state index contributed by atoms with van der Waals surface area (Å²) in [6.45, 7) is 4.78. The SMILES string of the molecule is CCCCOC(=O)c1ccccc1C(=O)OCCCC.[CH3]. The summed E-state index contributed by atoms with van der Waals surface area (Å²) in [6, 6.07) is 6.59. The van der Waals surface area contributed by atoms with E-state index >= 15 is 0 Å². The molecule has 0 bridgehead atoms. The number of carbonyl (C=O) groups excluding carboxylic acids is 2. The molecule has 0 fully saturated rings. The lowest BCUT2D eigenvalue weighted by Crippen LogP contribution is -2.14. The molecule has 0 aliphatic carbocycles. The molecule has 1 aromatic rings. The minimum absolute atomic E-state index is 0. The number of carbonyl (C=O) groups is 2. The minimum Gasteiger partial charge on any atom is -0.462 e. The molecule has 0 atom stereocenters. The Bertz CT molecular complexity index is 399. The van der Waals surface area contributed by atoms with Gasteiger partial charge in [0.05, 0.1) is 24.3 Å². The van der Waals surface area contributed by atoms with Crippen molar-refractivity contribution in [2.45, 2.75) is 39.5 Å². The van der Waals surface area contributed by atoms with Crippen LogP contribution in [0.15, 0.2) is 24.3 Å². The van der Waals surface area contributed by atoms with E-state index in [1.807, 2.05) is 13.8 Å². The second-order valence-corrected chi connectivity index (χ2v) is 4.52. The van der Waals surface area contributed by atoms with Crippen LogP contribution in [0.5, 0.6) is 0 Å². The minimum atomic E-state index is -0.471. The first-order valence-electron chi connectivity index (χ1n) is 7.14. The Labute approximate surface area is 127 Å². The molecule has 0 heterocycles. The Balaban J connectivity index is 0.00000400. The lowest BCUT2D eigenvalue weighted by molar-refractivity contribution is 0.0452. The summed E-state index contributed by atoms with van der Waals surface area (Å²) in [7, 11) is 0. The number of benzene rings is 1. The molecule has 0 aliphatic heterocycles. The van der Waals surface area contributed by atoms with Crippen molar-refractivity contribution in [3.8, 4) is 0 Å². The zero-order valence-electron chi connectivity index (χ0n) is 13.2. The normalized spacial score (nSPS) is 9.62. The van der Waals surface area contributed by atoms with Crippen LogP contribution in [0.3, 0.4) is 0 Å². The van der Waals surface area contributed by atoms with Gasteiger partial charge in [-0.1, -0.05) is 46.2 Å². The Kier molecular flexibility index (Phi) is 9.94. The Morgan fingerprint density at radius 3 is 1.57 bits per heavy atom. The number of hydrogen-bond donors (Lipinski definition) is 0. The Hall–Kier alpha value is -1.84. The van der Waals surface area contributed by atoms with Gasteiger partial charge < -0.3 is 9.47 Å². The van der Waals surface area contributed by atoms with Gasteiger partial charge in [0, 0.05) is 0 Å². The fraction of sp³-hybridized carbons (Fsp3) is 0.471. The van der Waals surface area contributed by atoms with E-state index in [0.717, 1.165) is 25.7 Å². The average Bonchev–Trinajstić information content (AvgIpc) is 2.47. The van der Waals surface area contributed by atoms with Crippen molar-refractivity contribution in [1.82, 2.24) is 0 Å². The molecule has 0 unspecified atom stereocenters. The van der Waals surface area contributed by atoms with Crippen molar-refractivity contribution < 1.29 is 19.1 Å². The molecule has 0 spiro atoms. The van der Waals surface area contributed by atoms with Gasteiger partial charge in [-0.25, -0.2) is 9.59 Å². The van der Waals surface area contributed by atoms with Crippen LogP contribution >= 0.6 is 0 Å². The molecule has 0 saturated carbocycles. The summed E-state index contributed by atoms with van der Waals surface area (Å²) >= 11 is 0. The summed E-state index contributed by atoms with van der Waals surface area (Å²) in [6.07, 6.45) is 3.53. The molecule has 1 aromatic carbocycles. The van der Waals surface area contributed by atoms with Gasteiger partial charge in [0.2, 0.25) is 0 Å². The number of unbranched alkanes of at least 4 members (excludes halogenated alkanes) is 2. The van der Waals surface area contributed by atoms with E-state index in [1.54, 1.807) is 24.3 Å². The van der Waals surface area contributed by atoms with Crippen LogP contribution in [0.25, 0.3) is 0 Å². The lowest BCUT2D eigenvalue weighted by Gasteiger charge is -2.09. The van der Waals surface area contributed by atoms with Gasteiger partial charge in [-0.2, -0.15) is 0 Å². The standard InChI is InChI=1S/C16H22O4.CH3/c1-3-5-11-19-15(17)13-9-7-8-10-14(13)16(18)20-12-6-4-2;/h7-10H,3-6,11-12H2,1-2H3;1H3. The fourth-order valence-electron chi connectivity index (χ4n) is 1.61. The molecular formula is C17H25O4. The maximum atomic E-state index is 11.9. The van der Waals surface area contributed by atoms with Crippen LogP contribution in [0.4, 0.5) is 0 Å².